The fraction of sp³-hybridized carbons (Fsp3) is 0.545. The standard InChI is InChI=1S/C22H28ClN5O4/c1-2-31-22(30)28-12-10-27(11-13-28)21(29)16-6-8-26(9-7-16)15-19-24-20(25-32-19)17-4-3-5-18(23)14-17/h3-5,14,16H,2,6-13,15H2,1H3. The molecule has 2 aliphatic rings. The van der Waals surface area contributed by atoms with Crippen LogP contribution in [0.3, 0.4) is 0 Å². The summed E-state index contributed by atoms with van der Waals surface area (Å²) in [5.74, 6) is 1.29. The molecular weight excluding hydrogens is 434 g/mol. The van der Waals surface area contributed by atoms with Gasteiger partial charge in [0.2, 0.25) is 17.6 Å². The van der Waals surface area contributed by atoms with Crippen LogP contribution in [0.5, 0.6) is 0 Å². The number of hydrogen-bond acceptors (Lipinski definition) is 7. The number of hydrogen-bond donors (Lipinski definition) is 0. The summed E-state index contributed by atoms with van der Waals surface area (Å²) in [6, 6.07) is 7.36. The van der Waals surface area contributed by atoms with Crippen LogP contribution in [-0.4, -0.2) is 82.7 Å². The number of carbonyl (C=O) groups excluding carboxylic acids is 2. The number of piperazine rings is 1. The Balaban J connectivity index is 1.23. The van der Waals surface area contributed by atoms with Crippen molar-refractivity contribution in [1.82, 2.24) is 24.8 Å². The van der Waals surface area contributed by atoms with Crippen molar-refractivity contribution in [2.24, 2.45) is 5.92 Å². The molecule has 172 valence electrons. The van der Waals surface area contributed by atoms with E-state index >= 15 is 0 Å². The zero-order chi connectivity index (χ0) is 22.5. The lowest BCUT2D eigenvalue weighted by molar-refractivity contribution is -0.138. The SMILES string of the molecule is CCOC(=O)N1CCN(C(=O)C2CCN(Cc3nc(-c4cccc(Cl)c4)no3)CC2)CC1. The number of ether oxygens (including phenoxy) is 1. The predicted octanol–water partition coefficient (Wildman–Crippen LogP) is 2.90. The molecule has 2 fully saturated rings. The molecule has 0 bridgehead atoms. The molecule has 0 unspecified atom stereocenters. The van der Waals surface area contributed by atoms with Crippen LogP contribution in [0.25, 0.3) is 11.4 Å². The number of piperidine rings is 1. The van der Waals surface area contributed by atoms with E-state index in [1.807, 2.05) is 17.0 Å². The van der Waals surface area contributed by atoms with Crippen molar-refractivity contribution in [1.29, 1.82) is 0 Å². The number of amides is 2. The van der Waals surface area contributed by atoms with Gasteiger partial charge >= 0.3 is 6.09 Å². The third kappa shape index (κ3) is 5.39. The van der Waals surface area contributed by atoms with Crippen molar-refractivity contribution >= 4 is 23.6 Å². The van der Waals surface area contributed by atoms with Crippen LogP contribution in [0.2, 0.25) is 5.02 Å². The van der Waals surface area contributed by atoms with E-state index in [1.54, 1.807) is 24.0 Å². The minimum absolute atomic E-state index is 0.0186. The van der Waals surface area contributed by atoms with Crippen molar-refractivity contribution in [2.45, 2.75) is 26.3 Å². The molecule has 0 aliphatic carbocycles. The second kappa shape index (κ2) is 10.3. The van der Waals surface area contributed by atoms with Crippen LogP contribution in [0.4, 0.5) is 4.79 Å². The normalized spacial score (nSPS) is 18.1. The van der Waals surface area contributed by atoms with Gasteiger partial charge in [0.05, 0.1) is 13.2 Å². The fourth-order valence-corrected chi connectivity index (χ4v) is 4.37. The maximum atomic E-state index is 12.9. The molecule has 0 atom stereocenters. The molecule has 2 saturated heterocycles. The number of carbonyl (C=O) groups is 2. The van der Waals surface area contributed by atoms with Crippen LogP contribution in [0, 0.1) is 5.92 Å². The van der Waals surface area contributed by atoms with Gasteiger partial charge in [-0.25, -0.2) is 4.79 Å². The highest BCUT2D eigenvalue weighted by atomic mass is 35.5. The molecule has 32 heavy (non-hydrogen) atoms. The summed E-state index contributed by atoms with van der Waals surface area (Å²) in [5, 5.41) is 4.69. The van der Waals surface area contributed by atoms with Crippen LogP contribution < -0.4 is 0 Å². The molecule has 2 aliphatic heterocycles. The molecule has 3 heterocycles. The molecular formula is C22H28ClN5O4. The monoisotopic (exact) mass is 461 g/mol. The van der Waals surface area contributed by atoms with Gasteiger partial charge in [0.15, 0.2) is 0 Å². The maximum absolute atomic E-state index is 12.9. The summed E-state index contributed by atoms with van der Waals surface area (Å²) in [7, 11) is 0. The second-order valence-corrected chi connectivity index (χ2v) is 8.52. The lowest BCUT2D eigenvalue weighted by atomic mass is 9.95. The van der Waals surface area contributed by atoms with E-state index in [4.69, 9.17) is 20.9 Å². The number of rotatable bonds is 5. The zero-order valence-corrected chi connectivity index (χ0v) is 19.0. The number of likely N-dealkylation sites (tertiary alicyclic amines) is 1. The topological polar surface area (TPSA) is 92.0 Å². The van der Waals surface area contributed by atoms with Gasteiger partial charge in [0, 0.05) is 42.7 Å². The van der Waals surface area contributed by atoms with Gasteiger partial charge in [0.1, 0.15) is 0 Å². The molecule has 0 N–H and O–H groups in total. The predicted molar refractivity (Wildman–Crippen MR) is 118 cm³/mol. The van der Waals surface area contributed by atoms with Gasteiger partial charge in [-0.1, -0.05) is 28.9 Å². The first kappa shape index (κ1) is 22.5. The van der Waals surface area contributed by atoms with Crippen molar-refractivity contribution < 1.29 is 18.8 Å². The van der Waals surface area contributed by atoms with Crippen molar-refractivity contribution in [3.63, 3.8) is 0 Å². The zero-order valence-electron chi connectivity index (χ0n) is 18.2. The average Bonchev–Trinajstić information content (AvgIpc) is 3.28. The summed E-state index contributed by atoms with van der Waals surface area (Å²) in [4.78, 5) is 35.0. The first-order valence-corrected chi connectivity index (χ1v) is 11.4. The molecule has 4 rings (SSSR count). The fourth-order valence-electron chi connectivity index (χ4n) is 4.18. The molecule has 0 saturated carbocycles. The van der Waals surface area contributed by atoms with Gasteiger partial charge in [0.25, 0.3) is 0 Å². The molecule has 9 nitrogen and oxygen atoms in total. The Bertz CT molecular complexity index is 936. The summed E-state index contributed by atoms with van der Waals surface area (Å²) in [5.41, 5.74) is 0.819. The van der Waals surface area contributed by atoms with Crippen LogP contribution in [-0.2, 0) is 16.1 Å². The summed E-state index contributed by atoms with van der Waals surface area (Å²) < 4.78 is 10.5. The Morgan fingerprint density at radius 1 is 1.12 bits per heavy atom. The van der Waals surface area contributed by atoms with Gasteiger partial charge < -0.3 is 19.1 Å². The molecule has 0 radical (unpaired) electrons. The first-order valence-electron chi connectivity index (χ1n) is 11.0. The van der Waals surface area contributed by atoms with Gasteiger partial charge in [-0.3, -0.25) is 9.69 Å². The minimum Gasteiger partial charge on any atom is -0.450 e. The smallest absolute Gasteiger partial charge is 0.409 e. The van der Waals surface area contributed by atoms with E-state index in [9.17, 15) is 9.59 Å². The Labute approximate surface area is 192 Å². The Morgan fingerprint density at radius 3 is 2.53 bits per heavy atom. The van der Waals surface area contributed by atoms with Crippen molar-refractivity contribution in [2.75, 3.05) is 45.9 Å². The largest absolute Gasteiger partial charge is 0.450 e. The number of benzene rings is 1. The summed E-state index contributed by atoms with van der Waals surface area (Å²) in [6.07, 6.45) is 1.30. The lowest BCUT2D eigenvalue weighted by Gasteiger charge is -2.38. The van der Waals surface area contributed by atoms with Crippen LogP contribution >= 0.6 is 11.6 Å². The number of halogens is 1. The van der Waals surface area contributed by atoms with Crippen molar-refractivity contribution in [3.05, 3.63) is 35.2 Å². The number of aromatic nitrogens is 2. The molecule has 2 aromatic rings. The summed E-state index contributed by atoms with van der Waals surface area (Å²) >= 11 is 6.04. The average molecular weight is 462 g/mol. The lowest BCUT2D eigenvalue weighted by Crippen LogP contribution is -2.53. The van der Waals surface area contributed by atoms with Gasteiger partial charge in [-0.2, -0.15) is 4.98 Å². The third-order valence-corrected chi connectivity index (χ3v) is 6.20. The highest BCUT2D eigenvalue weighted by molar-refractivity contribution is 6.30. The maximum Gasteiger partial charge on any atom is 0.409 e. The van der Waals surface area contributed by atoms with E-state index in [2.05, 4.69) is 15.0 Å². The highest BCUT2D eigenvalue weighted by Gasteiger charge is 2.32. The first-order chi connectivity index (χ1) is 15.5. The highest BCUT2D eigenvalue weighted by Crippen LogP contribution is 2.23. The van der Waals surface area contributed by atoms with E-state index in [0.29, 0.717) is 56.1 Å². The van der Waals surface area contributed by atoms with E-state index in [0.717, 1.165) is 31.5 Å². The second-order valence-electron chi connectivity index (χ2n) is 8.08. The Morgan fingerprint density at radius 2 is 1.84 bits per heavy atom. The van der Waals surface area contributed by atoms with Gasteiger partial charge in [-0.05, 0) is 45.0 Å². The number of nitrogens with zero attached hydrogens (tertiary/aromatic N) is 5. The van der Waals surface area contributed by atoms with E-state index in [-0.39, 0.29) is 17.9 Å². The molecule has 10 heteroatoms. The third-order valence-electron chi connectivity index (χ3n) is 5.96. The Kier molecular flexibility index (Phi) is 7.26. The van der Waals surface area contributed by atoms with Gasteiger partial charge in [-0.15, -0.1) is 0 Å². The molecule has 0 spiro atoms. The minimum atomic E-state index is -0.299. The molecule has 2 amide bonds. The van der Waals surface area contributed by atoms with E-state index in [1.165, 1.54) is 0 Å². The van der Waals surface area contributed by atoms with Crippen LogP contribution in [0.1, 0.15) is 25.7 Å². The molecule has 1 aromatic heterocycles. The Hall–Kier alpha value is -2.65. The quantitative estimate of drug-likeness (QED) is 0.675. The summed E-state index contributed by atoms with van der Waals surface area (Å²) in [6.45, 7) is 6.49. The molecule has 1 aromatic carbocycles. The van der Waals surface area contributed by atoms with Crippen molar-refractivity contribution in [3.8, 4) is 11.4 Å². The van der Waals surface area contributed by atoms with Crippen LogP contribution in [0.15, 0.2) is 28.8 Å². The van der Waals surface area contributed by atoms with E-state index < -0.39 is 0 Å².